The maximum Gasteiger partial charge on any atom is 0.267 e. The summed E-state index contributed by atoms with van der Waals surface area (Å²) in [5.74, 6) is 0.941. The van der Waals surface area contributed by atoms with Gasteiger partial charge in [-0.15, -0.1) is 0 Å². The number of nitrogens with zero attached hydrogens (tertiary/aromatic N) is 1. The van der Waals surface area contributed by atoms with Gasteiger partial charge < -0.3 is 14.5 Å². The lowest BCUT2D eigenvalue weighted by molar-refractivity contribution is -0.128. The van der Waals surface area contributed by atoms with Gasteiger partial charge in [-0.25, -0.2) is 4.98 Å². The van der Waals surface area contributed by atoms with Gasteiger partial charge in [0.1, 0.15) is 11.3 Å². The fourth-order valence-corrected chi connectivity index (χ4v) is 3.19. The zero-order chi connectivity index (χ0) is 20.4. The van der Waals surface area contributed by atoms with Crippen LogP contribution < -0.4 is 10.1 Å². The molecule has 0 fully saturated rings. The molecule has 4 rings (SSSR count). The van der Waals surface area contributed by atoms with Crippen molar-refractivity contribution in [2.75, 3.05) is 5.32 Å². The third-order valence-electron chi connectivity index (χ3n) is 4.40. The first kappa shape index (κ1) is 19.4. The summed E-state index contributed by atoms with van der Waals surface area (Å²) in [7, 11) is 0. The highest BCUT2D eigenvalue weighted by atomic mass is 127. The van der Waals surface area contributed by atoms with Crippen LogP contribution in [-0.2, 0) is 4.79 Å². The molecule has 0 aliphatic heterocycles. The van der Waals surface area contributed by atoms with E-state index in [1.807, 2.05) is 54.6 Å². The van der Waals surface area contributed by atoms with E-state index in [0.717, 1.165) is 9.13 Å². The molecule has 1 N–H and O–H groups in total. The van der Waals surface area contributed by atoms with Crippen LogP contribution >= 0.6 is 22.6 Å². The SMILES string of the molecule is CC(C)(Oc1ccccc1)C(=O)Nc1ccc2oc(-c3ccc(I)cc3)nc2c1. The van der Waals surface area contributed by atoms with Crippen LogP contribution in [0.4, 0.5) is 5.69 Å². The highest BCUT2D eigenvalue weighted by Gasteiger charge is 2.30. The number of hydrogen-bond donors (Lipinski definition) is 1. The van der Waals surface area contributed by atoms with Crippen LogP contribution in [0, 0.1) is 3.57 Å². The van der Waals surface area contributed by atoms with Gasteiger partial charge in [0.05, 0.1) is 0 Å². The maximum atomic E-state index is 12.8. The average Bonchev–Trinajstić information content (AvgIpc) is 3.12. The van der Waals surface area contributed by atoms with Gasteiger partial charge in [0.2, 0.25) is 5.89 Å². The zero-order valence-corrected chi connectivity index (χ0v) is 18.1. The Hall–Kier alpha value is -2.87. The molecule has 0 aliphatic carbocycles. The van der Waals surface area contributed by atoms with Crippen LogP contribution in [0.2, 0.25) is 0 Å². The lowest BCUT2D eigenvalue weighted by Gasteiger charge is -2.25. The molecule has 0 unspecified atom stereocenters. The molecule has 0 saturated heterocycles. The molecule has 146 valence electrons. The summed E-state index contributed by atoms with van der Waals surface area (Å²) in [6.45, 7) is 3.47. The third kappa shape index (κ3) is 4.42. The summed E-state index contributed by atoms with van der Waals surface area (Å²) < 4.78 is 12.8. The van der Waals surface area contributed by atoms with Crippen LogP contribution in [0.3, 0.4) is 0 Å². The van der Waals surface area contributed by atoms with Gasteiger partial charge in [0.15, 0.2) is 11.2 Å². The lowest BCUT2D eigenvalue weighted by atomic mass is 10.1. The quantitative estimate of drug-likeness (QED) is 0.349. The molecule has 1 heterocycles. The topological polar surface area (TPSA) is 64.4 Å². The molecule has 6 heteroatoms. The van der Waals surface area contributed by atoms with E-state index in [4.69, 9.17) is 9.15 Å². The molecule has 1 amide bonds. The fraction of sp³-hybridized carbons (Fsp3) is 0.130. The number of rotatable bonds is 5. The van der Waals surface area contributed by atoms with Crippen molar-refractivity contribution in [3.05, 3.63) is 76.4 Å². The number of anilines is 1. The van der Waals surface area contributed by atoms with E-state index >= 15 is 0 Å². The number of halogens is 1. The van der Waals surface area contributed by atoms with Crippen molar-refractivity contribution >= 4 is 45.3 Å². The van der Waals surface area contributed by atoms with Crippen LogP contribution in [-0.4, -0.2) is 16.5 Å². The minimum absolute atomic E-state index is 0.248. The smallest absolute Gasteiger partial charge is 0.267 e. The number of para-hydroxylation sites is 1. The Balaban J connectivity index is 1.53. The van der Waals surface area contributed by atoms with Gasteiger partial charge in [-0.05, 0) is 91.0 Å². The molecule has 5 nitrogen and oxygen atoms in total. The molecular weight excluding hydrogens is 479 g/mol. The first-order valence-corrected chi connectivity index (χ1v) is 10.2. The maximum absolute atomic E-state index is 12.8. The number of fused-ring (bicyclic) bond motifs is 1. The predicted octanol–water partition coefficient (Wildman–Crippen LogP) is 5.90. The highest BCUT2D eigenvalue weighted by molar-refractivity contribution is 14.1. The van der Waals surface area contributed by atoms with Crippen molar-refractivity contribution in [1.29, 1.82) is 0 Å². The molecule has 0 atom stereocenters. The van der Waals surface area contributed by atoms with Crippen LogP contribution in [0.15, 0.2) is 77.2 Å². The molecular formula is C23H19IN2O3. The number of nitrogens with one attached hydrogen (secondary N) is 1. The number of hydrogen-bond acceptors (Lipinski definition) is 4. The Morgan fingerprint density at radius 3 is 2.48 bits per heavy atom. The van der Waals surface area contributed by atoms with Gasteiger partial charge in [-0.2, -0.15) is 0 Å². The standard InChI is InChI=1S/C23H19IN2O3/c1-23(2,29-18-6-4-3-5-7-18)22(27)25-17-12-13-20-19(14-17)26-21(28-20)15-8-10-16(24)11-9-15/h3-14H,1-2H3,(H,25,27). The van der Waals surface area contributed by atoms with Crippen molar-refractivity contribution < 1.29 is 13.9 Å². The minimum atomic E-state index is -1.04. The minimum Gasteiger partial charge on any atom is -0.478 e. The molecule has 1 aromatic heterocycles. The van der Waals surface area contributed by atoms with Crippen LogP contribution in [0.25, 0.3) is 22.6 Å². The van der Waals surface area contributed by atoms with E-state index in [-0.39, 0.29) is 5.91 Å². The summed E-state index contributed by atoms with van der Waals surface area (Å²) in [6.07, 6.45) is 0. The number of carbonyl (C=O) groups excluding carboxylic acids is 1. The Labute approximate surface area is 182 Å². The Kier molecular flexibility index (Phi) is 5.27. The summed E-state index contributed by atoms with van der Waals surface area (Å²) in [6, 6.07) is 22.6. The number of benzene rings is 3. The second-order valence-electron chi connectivity index (χ2n) is 7.09. The van der Waals surface area contributed by atoms with E-state index in [1.54, 1.807) is 32.0 Å². The van der Waals surface area contributed by atoms with Crippen molar-refractivity contribution in [2.45, 2.75) is 19.4 Å². The normalized spacial score (nSPS) is 11.4. The first-order valence-electron chi connectivity index (χ1n) is 9.13. The van der Waals surface area contributed by atoms with Crippen LogP contribution in [0.1, 0.15) is 13.8 Å². The van der Waals surface area contributed by atoms with Crippen molar-refractivity contribution in [3.63, 3.8) is 0 Å². The average molecular weight is 498 g/mol. The van der Waals surface area contributed by atoms with E-state index in [2.05, 4.69) is 32.9 Å². The van der Waals surface area contributed by atoms with E-state index in [1.165, 1.54) is 0 Å². The third-order valence-corrected chi connectivity index (χ3v) is 5.12. The summed E-state index contributed by atoms with van der Waals surface area (Å²) in [4.78, 5) is 17.3. The summed E-state index contributed by atoms with van der Waals surface area (Å²) >= 11 is 2.26. The molecule has 3 aromatic carbocycles. The largest absolute Gasteiger partial charge is 0.478 e. The van der Waals surface area contributed by atoms with Crippen LogP contribution in [0.5, 0.6) is 5.75 Å². The molecule has 0 spiro atoms. The number of oxazole rings is 1. The van der Waals surface area contributed by atoms with Gasteiger partial charge in [0, 0.05) is 14.8 Å². The van der Waals surface area contributed by atoms with E-state index in [9.17, 15) is 4.79 Å². The Morgan fingerprint density at radius 1 is 1.03 bits per heavy atom. The molecule has 0 saturated carbocycles. The van der Waals surface area contributed by atoms with Gasteiger partial charge in [-0.3, -0.25) is 4.79 Å². The lowest BCUT2D eigenvalue weighted by Crippen LogP contribution is -2.42. The molecule has 4 aromatic rings. The second-order valence-corrected chi connectivity index (χ2v) is 8.33. The summed E-state index contributed by atoms with van der Waals surface area (Å²) in [5.41, 5.74) is 1.85. The zero-order valence-electron chi connectivity index (χ0n) is 16.0. The number of amides is 1. The highest BCUT2D eigenvalue weighted by Crippen LogP contribution is 2.27. The fourth-order valence-electron chi connectivity index (χ4n) is 2.83. The molecule has 0 aliphatic rings. The number of aromatic nitrogens is 1. The Bertz CT molecular complexity index is 1150. The summed E-state index contributed by atoms with van der Waals surface area (Å²) in [5, 5.41) is 2.90. The number of carbonyl (C=O) groups is 1. The predicted molar refractivity (Wildman–Crippen MR) is 122 cm³/mol. The monoisotopic (exact) mass is 498 g/mol. The van der Waals surface area contributed by atoms with E-state index < -0.39 is 5.60 Å². The van der Waals surface area contributed by atoms with Gasteiger partial charge >= 0.3 is 0 Å². The number of ether oxygens (including phenoxy) is 1. The first-order chi connectivity index (χ1) is 13.9. The Morgan fingerprint density at radius 2 is 1.76 bits per heavy atom. The van der Waals surface area contributed by atoms with Crippen molar-refractivity contribution in [1.82, 2.24) is 4.98 Å². The van der Waals surface area contributed by atoms with Gasteiger partial charge in [-0.1, -0.05) is 18.2 Å². The van der Waals surface area contributed by atoms with Gasteiger partial charge in [0.25, 0.3) is 5.91 Å². The van der Waals surface area contributed by atoms with Crippen molar-refractivity contribution in [2.24, 2.45) is 0 Å². The van der Waals surface area contributed by atoms with E-state index in [0.29, 0.717) is 28.4 Å². The molecule has 0 radical (unpaired) electrons. The molecule has 29 heavy (non-hydrogen) atoms. The second kappa shape index (κ2) is 7.87. The molecule has 0 bridgehead atoms. The van der Waals surface area contributed by atoms with Crippen molar-refractivity contribution in [3.8, 4) is 17.2 Å².